The Hall–Kier alpha value is -3.54. The molecule has 1 aliphatic rings. The van der Waals surface area contributed by atoms with Crippen LogP contribution in [0, 0.1) is 27.7 Å². The zero-order chi connectivity index (χ0) is 23.8. The largest absolute Gasteiger partial charge is 0.494 e. The van der Waals surface area contributed by atoms with E-state index in [1.54, 1.807) is 0 Å². The minimum atomic E-state index is 0.663. The van der Waals surface area contributed by atoms with Crippen molar-refractivity contribution in [3.8, 4) is 11.4 Å². The van der Waals surface area contributed by atoms with Gasteiger partial charge >= 0.3 is 0 Å². The molecule has 0 fully saturated rings. The quantitative estimate of drug-likeness (QED) is 0.372. The van der Waals surface area contributed by atoms with Crippen LogP contribution in [0.5, 0.6) is 5.75 Å². The molecule has 2 aromatic carbocycles. The maximum absolute atomic E-state index is 5.63. The molecule has 1 aliphatic heterocycles. The first-order chi connectivity index (χ1) is 16.5. The van der Waals surface area contributed by atoms with Crippen molar-refractivity contribution >= 4 is 22.3 Å². The van der Waals surface area contributed by atoms with E-state index >= 15 is 0 Å². The number of benzene rings is 2. The Morgan fingerprint density at radius 1 is 0.971 bits per heavy atom. The number of rotatable bonds is 6. The third kappa shape index (κ3) is 3.77. The van der Waals surface area contributed by atoms with E-state index in [2.05, 4.69) is 70.4 Å². The summed E-state index contributed by atoms with van der Waals surface area (Å²) in [4.78, 5) is 0. The Morgan fingerprint density at radius 3 is 2.50 bits per heavy atom. The molecule has 0 radical (unpaired) electrons. The lowest BCUT2D eigenvalue weighted by Gasteiger charge is -2.22. The topological polar surface area (TPSA) is 64.0 Å². The van der Waals surface area contributed by atoms with Crippen molar-refractivity contribution in [2.24, 2.45) is 0 Å². The second-order valence-electron chi connectivity index (χ2n) is 9.08. The molecule has 6 nitrogen and oxygen atoms in total. The summed E-state index contributed by atoms with van der Waals surface area (Å²) < 4.78 is 7.92. The van der Waals surface area contributed by atoms with Gasteiger partial charge in [-0.1, -0.05) is 12.1 Å². The minimum absolute atomic E-state index is 0.663. The van der Waals surface area contributed by atoms with E-state index in [1.807, 2.05) is 26.0 Å². The Morgan fingerprint density at radius 2 is 1.74 bits per heavy atom. The van der Waals surface area contributed by atoms with E-state index in [9.17, 15) is 0 Å². The lowest BCUT2D eigenvalue weighted by molar-refractivity contribution is 0.340. The average molecular weight is 456 g/mol. The van der Waals surface area contributed by atoms with Crippen molar-refractivity contribution in [2.75, 3.05) is 23.8 Å². The molecule has 2 aromatic heterocycles. The predicted molar refractivity (Wildman–Crippen MR) is 140 cm³/mol. The third-order valence-corrected chi connectivity index (χ3v) is 6.98. The van der Waals surface area contributed by atoms with Gasteiger partial charge in [-0.15, -0.1) is 5.10 Å². The van der Waals surface area contributed by atoms with Crippen LogP contribution in [0.25, 0.3) is 16.5 Å². The zero-order valence-electron chi connectivity index (χ0n) is 20.7. The molecule has 4 aromatic rings. The lowest BCUT2D eigenvalue weighted by Crippen LogP contribution is -2.15. The standard InChI is InChI=1S/C28H33N5O/c1-6-34-24-13-11-23(12-14-24)33-19(4)25-18(3)31-32-28(26(25)20(33)5)30-16-22-10-9-21-8-7-15-29-27(21)17(22)2/h9-14,29H,6-8,15-16H2,1-5H3,(H,30,32). The summed E-state index contributed by atoms with van der Waals surface area (Å²) in [6.07, 6.45) is 2.35. The molecule has 0 saturated heterocycles. The number of aromatic nitrogens is 3. The Labute approximate surface area is 201 Å². The van der Waals surface area contributed by atoms with Crippen LogP contribution in [0.4, 0.5) is 11.5 Å². The molecule has 3 heterocycles. The number of nitrogens with one attached hydrogen (secondary N) is 2. The highest BCUT2D eigenvalue weighted by atomic mass is 16.5. The predicted octanol–water partition coefficient (Wildman–Crippen LogP) is 6.02. The van der Waals surface area contributed by atoms with E-state index in [1.165, 1.54) is 34.5 Å². The van der Waals surface area contributed by atoms with Gasteiger partial charge in [-0.2, -0.15) is 5.10 Å². The highest BCUT2D eigenvalue weighted by molar-refractivity contribution is 5.98. The lowest BCUT2D eigenvalue weighted by atomic mass is 9.96. The monoisotopic (exact) mass is 455 g/mol. The van der Waals surface area contributed by atoms with E-state index in [-0.39, 0.29) is 0 Å². The number of fused-ring (bicyclic) bond motifs is 2. The fraction of sp³-hybridized carbons (Fsp3) is 0.357. The number of anilines is 2. The van der Waals surface area contributed by atoms with Crippen molar-refractivity contribution in [3.63, 3.8) is 0 Å². The van der Waals surface area contributed by atoms with Crippen LogP contribution in [0.15, 0.2) is 36.4 Å². The van der Waals surface area contributed by atoms with Crippen molar-refractivity contribution in [1.29, 1.82) is 0 Å². The highest BCUT2D eigenvalue weighted by Crippen LogP contribution is 2.35. The molecule has 34 heavy (non-hydrogen) atoms. The molecule has 0 unspecified atom stereocenters. The van der Waals surface area contributed by atoms with Crippen molar-refractivity contribution in [1.82, 2.24) is 14.8 Å². The number of ether oxygens (including phenoxy) is 1. The summed E-state index contributed by atoms with van der Waals surface area (Å²) in [6.45, 7) is 13.0. The van der Waals surface area contributed by atoms with Gasteiger partial charge in [0.25, 0.3) is 0 Å². The molecule has 5 rings (SSSR count). The van der Waals surface area contributed by atoms with E-state index < -0.39 is 0 Å². The number of hydrogen-bond donors (Lipinski definition) is 2. The van der Waals surface area contributed by atoms with Gasteiger partial charge in [0.15, 0.2) is 5.82 Å². The van der Waals surface area contributed by atoms with Gasteiger partial charge in [-0.3, -0.25) is 0 Å². The second kappa shape index (κ2) is 9.01. The van der Waals surface area contributed by atoms with Gasteiger partial charge in [-0.25, -0.2) is 0 Å². The SMILES string of the molecule is CCOc1ccc(-n2c(C)c3c(C)nnc(NCc4ccc5c(c4C)NCCC5)c3c2C)cc1. The summed E-state index contributed by atoms with van der Waals surface area (Å²) in [5.74, 6) is 1.71. The maximum atomic E-state index is 5.63. The molecular weight excluding hydrogens is 422 g/mol. The second-order valence-corrected chi connectivity index (χ2v) is 9.08. The molecule has 2 N–H and O–H groups in total. The average Bonchev–Trinajstić information content (AvgIpc) is 3.12. The Kier molecular flexibility index (Phi) is 5.90. The van der Waals surface area contributed by atoms with Gasteiger partial charge in [0.1, 0.15) is 5.75 Å². The van der Waals surface area contributed by atoms with Crippen LogP contribution in [0.1, 0.15) is 47.1 Å². The van der Waals surface area contributed by atoms with E-state index in [4.69, 9.17) is 4.74 Å². The first-order valence-corrected chi connectivity index (χ1v) is 12.2. The smallest absolute Gasteiger partial charge is 0.158 e. The van der Waals surface area contributed by atoms with Crippen LogP contribution in [-0.4, -0.2) is 27.9 Å². The highest BCUT2D eigenvalue weighted by Gasteiger charge is 2.20. The van der Waals surface area contributed by atoms with Crippen molar-refractivity contribution in [2.45, 2.75) is 54.0 Å². The summed E-state index contributed by atoms with van der Waals surface area (Å²) in [5, 5.41) is 18.6. The molecule has 0 amide bonds. The minimum Gasteiger partial charge on any atom is -0.494 e. The van der Waals surface area contributed by atoms with E-state index in [0.717, 1.165) is 52.4 Å². The molecule has 0 bridgehead atoms. The molecule has 6 heteroatoms. The van der Waals surface area contributed by atoms with Crippen LogP contribution in [0.2, 0.25) is 0 Å². The zero-order valence-corrected chi connectivity index (χ0v) is 20.7. The Balaban J connectivity index is 1.52. The summed E-state index contributed by atoms with van der Waals surface area (Å²) in [5.41, 5.74) is 9.70. The molecule has 0 atom stereocenters. The molecule has 0 saturated carbocycles. The summed E-state index contributed by atoms with van der Waals surface area (Å²) in [6, 6.07) is 12.8. The van der Waals surface area contributed by atoms with Crippen molar-refractivity contribution in [3.05, 3.63) is 70.2 Å². The molecule has 176 valence electrons. The Bertz CT molecular complexity index is 1350. The molecule has 0 spiro atoms. The third-order valence-electron chi connectivity index (χ3n) is 6.98. The molecular formula is C28H33N5O. The number of hydrogen-bond acceptors (Lipinski definition) is 5. The normalized spacial score (nSPS) is 13.0. The summed E-state index contributed by atoms with van der Waals surface area (Å²) in [7, 11) is 0. The van der Waals surface area contributed by atoms with E-state index in [0.29, 0.717) is 13.2 Å². The first-order valence-electron chi connectivity index (χ1n) is 12.2. The van der Waals surface area contributed by atoms with Gasteiger partial charge in [0.2, 0.25) is 0 Å². The maximum Gasteiger partial charge on any atom is 0.158 e. The van der Waals surface area contributed by atoms with Crippen LogP contribution in [-0.2, 0) is 13.0 Å². The fourth-order valence-electron chi connectivity index (χ4n) is 5.29. The first kappa shape index (κ1) is 22.3. The van der Waals surface area contributed by atoms with Gasteiger partial charge in [0, 0.05) is 46.6 Å². The van der Waals surface area contributed by atoms with Crippen LogP contribution < -0.4 is 15.4 Å². The van der Waals surface area contributed by atoms with Crippen LogP contribution >= 0.6 is 0 Å². The number of nitrogens with zero attached hydrogens (tertiary/aromatic N) is 3. The van der Waals surface area contributed by atoms with Gasteiger partial charge in [-0.05, 0) is 88.4 Å². The fourth-order valence-corrected chi connectivity index (χ4v) is 5.29. The molecule has 0 aliphatic carbocycles. The van der Waals surface area contributed by atoms with Crippen molar-refractivity contribution < 1.29 is 4.74 Å². The van der Waals surface area contributed by atoms with Crippen LogP contribution in [0.3, 0.4) is 0 Å². The van der Waals surface area contributed by atoms with Gasteiger partial charge in [0.05, 0.1) is 12.3 Å². The summed E-state index contributed by atoms with van der Waals surface area (Å²) >= 11 is 0. The number of aryl methyl sites for hydroxylation is 4. The van der Waals surface area contributed by atoms with Gasteiger partial charge < -0.3 is 19.9 Å².